The number of morpholine rings is 1. The molecular formula is C9H17NO4. The Morgan fingerprint density at radius 3 is 3.07 bits per heavy atom. The van der Waals surface area contributed by atoms with E-state index < -0.39 is 0 Å². The summed E-state index contributed by atoms with van der Waals surface area (Å²) in [5.74, 6) is -0.274. The summed E-state index contributed by atoms with van der Waals surface area (Å²) in [6.45, 7) is 5.15. The van der Waals surface area contributed by atoms with Gasteiger partial charge in [0.2, 0.25) is 0 Å². The van der Waals surface area contributed by atoms with Crippen molar-refractivity contribution in [1.29, 1.82) is 0 Å². The van der Waals surface area contributed by atoms with Crippen LogP contribution in [0.15, 0.2) is 0 Å². The van der Waals surface area contributed by atoms with E-state index in [9.17, 15) is 4.79 Å². The molecule has 1 heterocycles. The molecular weight excluding hydrogens is 186 g/mol. The molecule has 0 bridgehead atoms. The summed E-state index contributed by atoms with van der Waals surface area (Å²) in [5, 5.41) is 3.20. The fourth-order valence-electron chi connectivity index (χ4n) is 1.19. The van der Waals surface area contributed by atoms with Crippen LogP contribution in [0.1, 0.15) is 6.92 Å². The van der Waals surface area contributed by atoms with Gasteiger partial charge >= 0.3 is 5.97 Å². The van der Waals surface area contributed by atoms with Gasteiger partial charge in [0.25, 0.3) is 0 Å². The smallest absolute Gasteiger partial charge is 0.302 e. The number of esters is 1. The van der Waals surface area contributed by atoms with E-state index in [2.05, 4.69) is 5.32 Å². The van der Waals surface area contributed by atoms with Crippen LogP contribution in [0, 0.1) is 0 Å². The molecule has 0 aromatic rings. The van der Waals surface area contributed by atoms with E-state index in [0.29, 0.717) is 19.8 Å². The molecule has 1 N–H and O–H groups in total. The minimum absolute atomic E-state index is 0.126. The lowest BCUT2D eigenvalue weighted by molar-refractivity contribution is -0.143. The van der Waals surface area contributed by atoms with E-state index in [4.69, 9.17) is 14.2 Å². The molecule has 1 atom stereocenters. The highest BCUT2D eigenvalue weighted by atomic mass is 16.6. The number of carbonyl (C=O) groups is 1. The van der Waals surface area contributed by atoms with Crippen molar-refractivity contribution in [3.63, 3.8) is 0 Å². The first-order chi connectivity index (χ1) is 6.79. The van der Waals surface area contributed by atoms with Gasteiger partial charge < -0.3 is 19.5 Å². The van der Waals surface area contributed by atoms with Crippen LogP contribution in [-0.4, -0.2) is 51.6 Å². The number of nitrogens with one attached hydrogen (secondary N) is 1. The van der Waals surface area contributed by atoms with E-state index in [1.165, 1.54) is 6.92 Å². The SMILES string of the molecule is CC(=O)OCCOCC1CNCCO1. The summed E-state index contributed by atoms with van der Waals surface area (Å²) in [6.07, 6.45) is 0.126. The highest BCUT2D eigenvalue weighted by molar-refractivity contribution is 5.65. The summed E-state index contributed by atoms with van der Waals surface area (Å²) in [7, 11) is 0. The average molecular weight is 203 g/mol. The molecule has 0 aromatic heterocycles. The molecule has 0 radical (unpaired) electrons. The Bertz CT molecular complexity index is 168. The van der Waals surface area contributed by atoms with Crippen molar-refractivity contribution in [2.45, 2.75) is 13.0 Å². The number of hydrogen-bond acceptors (Lipinski definition) is 5. The predicted octanol–water partition coefficient (Wildman–Crippen LogP) is -0.445. The molecule has 0 amide bonds. The Kier molecular flexibility index (Phi) is 5.51. The summed E-state index contributed by atoms with van der Waals surface area (Å²) in [4.78, 5) is 10.4. The normalized spacial score (nSPS) is 21.9. The maximum atomic E-state index is 10.4. The minimum Gasteiger partial charge on any atom is -0.463 e. The van der Waals surface area contributed by atoms with Crippen LogP contribution in [-0.2, 0) is 19.0 Å². The van der Waals surface area contributed by atoms with Crippen LogP contribution in [0.4, 0.5) is 0 Å². The van der Waals surface area contributed by atoms with E-state index in [1.807, 2.05) is 0 Å². The maximum absolute atomic E-state index is 10.4. The molecule has 5 nitrogen and oxygen atoms in total. The summed E-state index contributed by atoms with van der Waals surface area (Å²) in [5.41, 5.74) is 0. The van der Waals surface area contributed by atoms with Gasteiger partial charge in [-0.2, -0.15) is 0 Å². The van der Waals surface area contributed by atoms with Crippen LogP contribution in [0.25, 0.3) is 0 Å². The number of hydrogen-bond donors (Lipinski definition) is 1. The second-order valence-electron chi connectivity index (χ2n) is 3.11. The van der Waals surface area contributed by atoms with Gasteiger partial charge in [0.05, 0.1) is 25.9 Å². The molecule has 1 saturated heterocycles. The van der Waals surface area contributed by atoms with E-state index in [0.717, 1.165) is 19.7 Å². The Balaban J connectivity index is 1.90. The lowest BCUT2D eigenvalue weighted by Crippen LogP contribution is -2.41. The molecule has 0 saturated carbocycles. The third-order valence-electron chi connectivity index (χ3n) is 1.84. The first-order valence-electron chi connectivity index (χ1n) is 4.82. The average Bonchev–Trinajstić information content (AvgIpc) is 2.18. The van der Waals surface area contributed by atoms with Crippen molar-refractivity contribution < 1.29 is 19.0 Å². The maximum Gasteiger partial charge on any atom is 0.302 e. The zero-order chi connectivity index (χ0) is 10.2. The third-order valence-corrected chi connectivity index (χ3v) is 1.84. The third kappa shape index (κ3) is 5.16. The molecule has 0 aliphatic carbocycles. The number of carbonyl (C=O) groups excluding carboxylic acids is 1. The molecule has 1 aliphatic heterocycles. The largest absolute Gasteiger partial charge is 0.463 e. The predicted molar refractivity (Wildman–Crippen MR) is 50.1 cm³/mol. The highest BCUT2D eigenvalue weighted by Crippen LogP contribution is 1.96. The van der Waals surface area contributed by atoms with Gasteiger partial charge in [0.15, 0.2) is 0 Å². The molecule has 1 aliphatic rings. The van der Waals surface area contributed by atoms with Gasteiger partial charge in [0.1, 0.15) is 6.61 Å². The van der Waals surface area contributed by atoms with Crippen LogP contribution in [0.5, 0.6) is 0 Å². The number of ether oxygens (including phenoxy) is 3. The number of rotatable bonds is 5. The summed E-state index contributed by atoms with van der Waals surface area (Å²) < 4.78 is 15.4. The zero-order valence-corrected chi connectivity index (χ0v) is 8.45. The minimum atomic E-state index is -0.274. The van der Waals surface area contributed by atoms with Gasteiger partial charge in [0, 0.05) is 20.0 Å². The Hall–Kier alpha value is -0.650. The first kappa shape index (κ1) is 11.4. The van der Waals surface area contributed by atoms with E-state index in [-0.39, 0.29) is 12.1 Å². The van der Waals surface area contributed by atoms with Crippen molar-refractivity contribution in [3.8, 4) is 0 Å². The van der Waals surface area contributed by atoms with Crippen molar-refractivity contribution >= 4 is 5.97 Å². The van der Waals surface area contributed by atoms with E-state index in [1.54, 1.807) is 0 Å². The van der Waals surface area contributed by atoms with Gasteiger partial charge in [-0.05, 0) is 0 Å². The summed E-state index contributed by atoms with van der Waals surface area (Å²) in [6, 6.07) is 0. The zero-order valence-electron chi connectivity index (χ0n) is 8.45. The topological polar surface area (TPSA) is 56.8 Å². The van der Waals surface area contributed by atoms with Crippen molar-refractivity contribution in [1.82, 2.24) is 5.32 Å². The Labute approximate surface area is 83.7 Å². The monoisotopic (exact) mass is 203 g/mol. The fraction of sp³-hybridized carbons (Fsp3) is 0.889. The lowest BCUT2D eigenvalue weighted by Gasteiger charge is -2.23. The molecule has 1 unspecified atom stereocenters. The van der Waals surface area contributed by atoms with Crippen molar-refractivity contribution in [3.05, 3.63) is 0 Å². The van der Waals surface area contributed by atoms with Gasteiger partial charge in [-0.25, -0.2) is 0 Å². The molecule has 1 fully saturated rings. The van der Waals surface area contributed by atoms with Gasteiger partial charge in [-0.15, -0.1) is 0 Å². The first-order valence-corrected chi connectivity index (χ1v) is 4.82. The second kappa shape index (κ2) is 6.75. The van der Waals surface area contributed by atoms with Gasteiger partial charge in [-0.1, -0.05) is 0 Å². The Morgan fingerprint density at radius 1 is 1.57 bits per heavy atom. The van der Waals surface area contributed by atoms with Gasteiger partial charge in [-0.3, -0.25) is 4.79 Å². The highest BCUT2D eigenvalue weighted by Gasteiger charge is 2.12. The lowest BCUT2D eigenvalue weighted by atomic mass is 10.3. The molecule has 82 valence electrons. The van der Waals surface area contributed by atoms with Crippen molar-refractivity contribution in [2.75, 3.05) is 39.5 Å². The second-order valence-corrected chi connectivity index (χ2v) is 3.11. The molecule has 0 spiro atoms. The quantitative estimate of drug-likeness (QED) is 0.484. The van der Waals surface area contributed by atoms with E-state index >= 15 is 0 Å². The van der Waals surface area contributed by atoms with Crippen LogP contribution >= 0.6 is 0 Å². The van der Waals surface area contributed by atoms with Crippen LogP contribution < -0.4 is 5.32 Å². The molecule has 0 aromatic carbocycles. The molecule has 1 rings (SSSR count). The fourth-order valence-corrected chi connectivity index (χ4v) is 1.19. The molecule has 5 heteroatoms. The molecule has 14 heavy (non-hydrogen) atoms. The Morgan fingerprint density at radius 2 is 2.43 bits per heavy atom. The van der Waals surface area contributed by atoms with Crippen LogP contribution in [0.3, 0.4) is 0 Å². The standard InChI is InChI=1S/C9H17NO4/c1-8(11)13-5-4-12-7-9-6-10-2-3-14-9/h9-10H,2-7H2,1H3. The van der Waals surface area contributed by atoms with Crippen molar-refractivity contribution in [2.24, 2.45) is 0 Å². The summed E-state index contributed by atoms with van der Waals surface area (Å²) >= 11 is 0. The van der Waals surface area contributed by atoms with Crippen LogP contribution in [0.2, 0.25) is 0 Å².